The van der Waals surface area contributed by atoms with E-state index in [0.29, 0.717) is 12.8 Å². The molecule has 1 aliphatic rings. The molecule has 9 atom stereocenters. The van der Waals surface area contributed by atoms with Crippen molar-refractivity contribution < 1.29 is 68.2 Å². The standard InChI is InChI=1S/C47H79O14P/c1-3-5-7-9-11-13-15-17-18-19-21-22-24-26-28-30-32-38(48)34-35-41(50)60-39(37-59-62(56,57)61-47-45(54)43(52)42(51)44(53)46(47)55)36-58-40(49)33-31-29-27-25-23-20-16-14-12-10-8-6-4-2/h5,7,11,13,17-18,21-22,26,28,30,32,38-39,42-48,51-55H,3-4,6,8-10,12,14-16,19-20,23-25,27,29,31,33-37H2,1-2H3,(H,56,57)/b7-5-,13-11-,18-17-,22-21-,28-26-,32-30-/t38?,39-,42?,43-,44+,45-,46-,47?/m1/s1. The number of aliphatic hydroxyl groups is 6. The fourth-order valence-corrected chi connectivity index (χ4v) is 7.43. The summed E-state index contributed by atoms with van der Waals surface area (Å²) in [7, 11) is -5.19. The number of allylic oxidation sites excluding steroid dienone is 11. The van der Waals surface area contributed by atoms with Crippen LogP contribution < -0.4 is 0 Å². The molecule has 0 aromatic heterocycles. The normalized spacial score (nSPS) is 23.0. The second-order valence-corrected chi connectivity index (χ2v) is 17.1. The Kier molecular flexibility index (Phi) is 33.8. The van der Waals surface area contributed by atoms with Gasteiger partial charge in [0.1, 0.15) is 43.2 Å². The molecule has 14 nitrogen and oxygen atoms in total. The third kappa shape index (κ3) is 28.8. The SMILES string of the molecule is CC/C=C\C/C=C\C/C=C\C/C=C\C/C=C\C=C/C(O)CCC(=O)O[C@H](COC(=O)CCCCCCCCCCCCCCC)COP(=O)(O)OC1[C@H](O)[C@H](O)C(O)[C@H](O)[C@H]1O. The first-order chi connectivity index (χ1) is 29.8. The number of unbranched alkanes of at least 4 members (excludes halogenated alkanes) is 12. The molecule has 0 radical (unpaired) electrons. The Morgan fingerprint density at radius 3 is 1.56 bits per heavy atom. The van der Waals surface area contributed by atoms with E-state index in [1.807, 2.05) is 12.2 Å². The zero-order valence-electron chi connectivity index (χ0n) is 37.2. The van der Waals surface area contributed by atoms with Crippen molar-refractivity contribution in [2.24, 2.45) is 0 Å². The maximum atomic E-state index is 12.8. The Balaban J connectivity index is 2.59. The Labute approximate surface area is 370 Å². The van der Waals surface area contributed by atoms with Crippen molar-refractivity contribution in [2.75, 3.05) is 13.2 Å². The highest BCUT2D eigenvalue weighted by Crippen LogP contribution is 2.47. The van der Waals surface area contributed by atoms with E-state index >= 15 is 0 Å². The van der Waals surface area contributed by atoms with Gasteiger partial charge in [0.15, 0.2) is 6.10 Å². The number of carbonyl (C=O) groups is 2. The quantitative estimate of drug-likeness (QED) is 0.0105. The van der Waals surface area contributed by atoms with Gasteiger partial charge in [-0.2, -0.15) is 0 Å². The van der Waals surface area contributed by atoms with Crippen molar-refractivity contribution in [1.29, 1.82) is 0 Å². The van der Waals surface area contributed by atoms with Crippen molar-refractivity contribution >= 4 is 19.8 Å². The van der Waals surface area contributed by atoms with E-state index in [2.05, 4.69) is 56.4 Å². The van der Waals surface area contributed by atoms with Crippen LogP contribution in [0.1, 0.15) is 149 Å². The molecule has 1 saturated carbocycles. The van der Waals surface area contributed by atoms with E-state index in [0.717, 1.165) is 51.4 Å². The average molecular weight is 899 g/mol. The number of carbonyl (C=O) groups excluding carboxylic acids is 2. The molecule has 0 spiro atoms. The summed E-state index contributed by atoms with van der Waals surface area (Å²) in [4.78, 5) is 35.7. The molecule has 1 fully saturated rings. The minimum Gasteiger partial charge on any atom is -0.462 e. The van der Waals surface area contributed by atoms with Gasteiger partial charge < -0.3 is 45.0 Å². The Morgan fingerprint density at radius 1 is 0.581 bits per heavy atom. The highest BCUT2D eigenvalue weighted by molar-refractivity contribution is 7.47. The number of ether oxygens (including phenoxy) is 2. The lowest BCUT2D eigenvalue weighted by atomic mass is 9.85. The van der Waals surface area contributed by atoms with Gasteiger partial charge in [0.25, 0.3) is 0 Å². The molecule has 1 rings (SSSR count). The van der Waals surface area contributed by atoms with Crippen LogP contribution >= 0.6 is 7.82 Å². The van der Waals surface area contributed by atoms with Crippen molar-refractivity contribution in [1.82, 2.24) is 0 Å². The van der Waals surface area contributed by atoms with E-state index in [-0.39, 0.29) is 19.3 Å². The average Bonchev–Trinajstić information content (AvgIpc) is 3.25. The lowest BCUT2D eigenvalue weighted by molar-refractivity contribution is -0.220. The Hall–Kier alpha value is -2.75. The summed E-state index contributed by atoms with van der Waals surface area (Å²) in [5.74, 6) is -1.39. The van der Waals surface area contributed by atoms with Gasteiger partial charge in [0.05, 0.1) is 12.7 Å². The summed E-state index contributed by atoms with van der Waals surface area (Å²) in [6.45, 7) is 2.97. The molecular formula is C47H79O14P. The van der Waals surface area contributed by atoms with E-state index in [9.17, 15) is 49.7 Å². The lowest BCUT2D eigenvalue weighted by Gasteiger charge is -2.41. The van der Waals surface area contributed by atoms with Gasteiger partial charge in [0, 0.05) is 12.8 Å². The van der Waals surface area contributed by atoms with E-state index < -0.39 is 81.8 Å². The highest BCUT2D eigenvalue weighted by Gasteiger charge is 2.51. The molecule has 0 aromatic rings. The molecule has 0 saturated heterocycles. The van der Waals surface area contributed by atoms with Crippen LogP contribution in [-0.2, 0) is 32.7 Å². The maximum Gasteiger partial charge on any atom is 0.472 e. The van der Waals surface area contributed by atoms with Crippen molar-refractivity contribution in [3.8, 4) is 0 Å². The summed E-state index contributed by atoms with van der Waals surface area (Å²) >= 11 is 0. The smallest absolute Gasteiger partial charge is 0.462 e. The van der Waals surface area contributed by atoms with Crippen LogP contribution in [0.5, 0.6) is 0 Å². The minimum absolute atomic E-state index is 0.0119. The number of hydrogen-bond acceptors (Lipinski definition) is 13. The number of phosphoric ester groups is 1. The van der Waals surface area contributed by atoms with Gasteiger partial charge in [-0.1, -0.05) is 164 Å². The van der Waals surface area contributed by atoms with Gasteiger partial charge in [-0.25, -0.2) is 4.57 Å². The van der Waals surface area contributed by atoms with Crippen LogP contribution in [0.15, 0.2) is 72.9 Å². The summed E-state index contributed by atoms with van der Waals surface area (Å²) in [6, 6.07) is 0. The van der Waals surface area contributed by atoms with Gasteiger partial charge in [-0.15, -0.1) is 0 Å². The predicted molar refractivity (Wildman–Crippen MR) is 241 cm³/mol. The highest BCUT2D eigenvalue weighted by atomic mass is 31.2. The molecule has 0 aliphatic heterocycles. The predicted octanol–water partition coefficient (Wildman–Crippen LogP) is 7.69. The third-order valence-electron chi connectivity index (χ3n) is 10.2. The monoisotopic (exact) mass is 899 g/mol. The molecule has 4 unspecified atom stereocenters. The summed E-state index contributed by atoms with van der Waals surface area (Å²) < 4.78 is 33.3. The van der Waals surface area contributed by atoms with Crippen LogP contribution in [0.2, 0.25) is 0 Å². The molecule has 356 valence electrons. The van der Waals surface area contributed by atoms with Crippen molar-refractivity contribution in [3.63, 3.8) is 0 Å². The number of aliphatic hydroxyl groups excluding tert-OH is 6. The number of esters is 2. The number of hydrogen-bond donors (Lipinski definition) is 7. The Bertz CT molecular complexity index is 1380. The molecule has 15 heteroatoms. The summed E-state index contributed by atoms with van der Waals surface area (Å²) in [6.07, 6.45) is 28.4. The number of rotatable bonds is 36. The minimum atomic E-state index is -5.19. The molecule has 0 aromatic carbocycles. The van der Waals surface area contributed by atoms with Gasteiger partial charge >= 0.3 is 19.8 Å². The van der Waals surface area contributed by atoms with Gasteiger partial charge in [0.2, 0.25) is 0 Å². The second kappa shape index (κ2) is 36.6. The first-order valence-electron chi connectivity index (χ1n) is 22.8. The zero-order valence-corrected chi connectivity index (χ0v) is 38.1. The van der Waals surface area contributed by atoms with E-state index in [1.165, 1.54) is 57.4 Å². The fourth-order valence-electron chi connectivity index (χ4n) is 6.46. The third-order valence-corrected chi connectivity index (χ3v) is 11.2. The number of phosphoric acid groups is 1. The van der Waals surface area contributed by atoms with Crippen LogP contribution in [0, 0.1) is 0 Å². The van der Waals surface area contributed by atoms with Gasteiger partial charge in [-0.05, 0) is 44.9 Å². The molecule has 0 amide bonds. The van der Waals surface area contributed by atoms with Crippen molar-refractivity contribution in [2.45, 2.75) is 198 Å². The largest absolute Gasteiger partial charge is 0.472 e. The molecule has 62 heavy (non-hydrogen) atoms. The molecule has 0 heterocycles. The Morgan fingerprint density at radius 2 is 1.05 bits per heavy atom. The van der Waals surface area contributed by atoms with E-state index in [4.69, 9.17) is 18.5 Å². The zero-order chi connectivity index (χ0) is 45.9. The first-order valence-corrected chi connectivity index (χ1v) is 24.3. The van der Waals surface area contributed by atoms with Crippen LogP contribution in [0.3, 0.4) is 0 Å². The molecule has 0 bridgehead atoms. The molecule has 7 N–H and O–H groups in total. The maximum absolute atomic E-state index is 12.8. The van der Waals surface area contributed by atoms with Crippen molar-refractivity contribution in [3.05, 3.63) is 72.9 Å². The molecular weight excluding hydrogens is 819 g/mol. The summed E-state index contributed by atoms with van der Waals surface area (Å²) in [5, 5.41) is 60.5. The fraction of sp³-hybridized carbons (Fsp3) is 0.702. The summed E-state index contributed by atoms with van der Waals surface area (Å²) in [5.41, 5.74) is 0. The van der Waals surface area contributed by atoms with Crippen LogP contribution in [0.4, 0.5) is 0 Å². The van der Waals surface area contributed by atoms with Crippen LogP contribution in [0.25, 0.3) is 0 Å². The van der Waals surface area contributed by atoms with Crippen LogP contribution in [-0.4, -0.2) is 110 Å². The van der Waals surface area contributed by atoms with Gasteiger partial charge in [-0.3, -0.25) is 18.6 Å². The topological polar surface area (TPSA) is 230 Å². The second-order valence-electron chi connectivity index (χ2n) is 15.7. The first kappa shape index (κ1) is 57.3. The molecule has 1 aliphatic carbocycles. The lowest BCUT2D eigenvalue weighted by Crippen LogP contribution is -2.64. The van der Waals surface area contributed by atoms with E-state index in [1.54, 1.807) is 12.2 Å².